The third-order valence-electron chi connectivity index (χ3n) is 4.88. The van der Waals surface area contributed by atoms with Gasteiger partial charge in [0, 0.05) is 36.9 Å². The van der Waals surface area contributed by atoms with Crippen LogP contribution in [0.1, 0.15) is 5.56 Å². The first-order valence-electron chi connectivity index (χ1n) is 8.58. The van der Waals surface area contributed by atoms with Crippen LogP contribution in [0.25, 0.3) is 11.0 Å². The van der Waals surface area contributed by atoms with Crippen LogP contribution in [-0.4, -0.2) is 48.9 Å². The number of piperazine rings is 1. The second-order valence-electron chi connectivity index (χ2n) is 6.61. The number of sulfonamides is 1. The lowest BCUT2D eigenvalue weighted by molar-refractivity contribution is 0.385. The Hall–Kier alpha value is -2.29. The van der Waals surface area contributed by atoms with E-state index in [9.17, 15) is 13.2 Å². The molecule has 0 atom stereocenters. The SMILES string of the molecule is Cc1ccc(Cl)cc1N1CCN(S(=O)(=O)c2ccc3[nH]c(=O)[nH]c3c2)CC1. The molecular weight excluding hydrogens is 388 g/mol. The topological polar surface area (TPSA) is 89.3 Å². The van der Waals surface area contributed by atoms with Gasteiger partial charge in [0.1, 0.15) is 0 Å². The highest BCUT2D eigenvalue weighted by Crippen LogP contribution is 2.27. The Morgan fingerprint density at radius 2 is 1.67 bits per heavy atom. The quantitative estimate of drug-likeness (QED) is 0.698. The molecular formula is C18H19ClN4O3S. The smallest absolute Gasteiger partial charge is 0.323 e. The van der Waals surface area contributed by atoms with Gasteiger partial charge in [-0.2, -0.15) is 4.31 Å². The zero-order valence-corrected chi connectivity index (χ0v) is 16.3. The molecule has 4 rings (SSSR count). The van der Waals surface area contributed by atoms with Crippen LogP contribution in [0.3, 0.4) is 0 Å². The van der Waals surface area contributed by atoms with Crippen molar-refractivity contribution in [3.8, 4) is 0 Å². The van der Waals surface area contributed by atoms with Crippen molar-refractivity contribution in [2.75, 3.05) is 31.1 Å². The van der Waals surface area contributed by atoms with Crippen LogP contribution in [0, 0.1) is 6.92 Å². The molecule has 1 fully saturated rings. The van der Waals surface area contributed by atoms with E-state index in [4.69, 9.17) is 11.6 Å². The molecule has 0 amide bonds. The molecule has 0 spiro atoms. The molecule has 0 radical (unpaired) electrons. The molecule has 27 heavy (non-hydrogen) atoms. The zero-order valence-electron chi connectivity index (χ0n) is 14.7. The number of aromatic nitrogens is 2. The average molecular weight is 407 g/mol. The zero-order chi connectivity index (χ0) is 19.2. The summed E-state index contributed by atoms with van der Waals surface area (Å²) >= 11 is 6.11. The molecule has 1 saturated heterocycles. The predicted molar refractivity (Wildman–Crippen MR) is 106 cm³/mol. The molecule has 0 unspecified atom stereocenters. The maximum Gasteiger partial charge on any atom is 0.323 e. The molecule has 0 saturated carbocycles. The van der Waals surface area contributed by atoms with Crippen molar-refractivity contribution in [1.29, 1.82) is 0 Å². The summed E-state index contributed by atoms with van der Waals surface area (Å²) in [6, 6.07) is 10.4. The lowest BCUT2D eigenvalue weighted by Crippen LogP contribution is -2.48. The number of aryl methyl sites for hydroxylation is 1. The Morgan fingerprint density at radius 3 is 2.41 bits per heavy atom. The Labute approximate surface area is 161 Å². The third kappa shape index (κ3) is 3.36. The number of halogens is 1. The van der Waals surface area contributed by atoms with Gasteiger partial charge in [-0.3, -0.25) is 0 Å². The average Bonchev–Trinajstić information content (AvgIpc) is 3.03. The number of fused-ring (bicyclic) bond motifs is 1. The highest BCUT2D eigenvalue weighted by Gasteiger charge is 2.29. The molecule has 0 aliphatic carbocycles. The molecule has 142 valence electrons. The predicted octanol–water partition coefficient (Wildman–Crippen LogP) is 2.33. The minimum absolute atomic E-state index is 0.178. The molecule has 0 bridgehead atoms. The monoisotopic (exact) mass is 406 g/mol. The largest absolute Gasteiger partial charge is 0.369 e. The number of hydrogen-bond donors (Lipinski definition) is 2. The number of nitrogens with zero attached hydrogens (tertiary/aromatic N) is 2. The Kier molecular flexibility index (Phi) is 4.49. The van der Waals surface area contributed by atoms with Crippen molar-refractivity contribution in [3.05, 3.63) is 57.5 Å². The molecule has 3 aromatic rings. The van der Waals surface area contributed by atoms with E-state index in [1.807, 2.05) is 25.1 Å². The van der Waals surface area contributed by atoms with Gasteiger partial charge in [0.15, 0.2) is 0 Å². The summed E-state index contributed by atoms with van der Waals surface area (Å²) in [7, 11) is -3.62. The van der Waals surface area contributed by atoms with E-state index in [0.29, 0.717) is 42.2 Å². The molecule has 1 aliphatic rings. The van der Waals surface area contributed by atoms with E-state index in [-0.39, 0.29) is 10.6 Å². The first-order chi connectivity index (χ1) is 12.8. The fourth-order valence-electron chi connectivity index (χ4n) is 3.41. The van der Waals surface area contributed by atoms with Crippen LogP contribution < -0.4 is 10.6 Å². The second kappa shape index (κ2) is 6.70. The van der Waals surface area contributed by atoms with Crippen LogP contribution in [-0.2, 0) is 10.0 Å². The fraction of sp³-hybridized carbons (Fsp3) is 0.278. The van der Waals surface area contributed by atoms with E-state index in [0.717, 1.165) is 11.3 Å². The summed E-state index contributed by atoms with van der Waals surface area (Å²) in [6.07, 6.45) is 0. The van der Waals surface area contributed by atoms with E-state index < -0.39 is 10.0 Å². The lowest BCUT2D eigenvalue weighted by Gasteiger charge is -2.36. The Bertz CT molecular complexity index is 1160. The van der Waals surface area contributed by atoms with Crippen molar-refractivity contribution in [3.63, 3.8) is 0 Å². The highest BCUT2D eigenvalue weighted by molar-refractivity contribution is 7.89. The molecule has 2 heterocycles. The van der Waals surface area contributed by atoms with Crippen LogP contribution >= 0.6 is 11.6 Å². The maximum absolute atomic E-state index is 13.0. The normalized spacial score (nSPS) is 16.1. The summed E-state index contributed by atoms with van der Waals surface area (Å²) in [5.41, 5.74) is 2.85. The van der Waals surface area contributed by atoms with Crippen molar-refractivity contribution in [1.82, 2.24) is 14.3 Å². The van der Waals surface area contributed by atoms with Gasteiger partial charge in [0.2, 0.25) is 10.0 Å². The standard InChI is InChI=1S/C18H19ClN4O3S/c1-12-2-3-13(19)10-17(12)22-6-8-23(9-7-22)27(25,26)14-4-5-15-16(11-14)21-18(24)20-15/h2-5,10-11H,6-9H2,1H3,(H2,20,21,24). The van der Waals surface area contributed by atoms with Gasteiger partial charge in [-0.05, 0) is 42.8 Å². The number of rotatable bonds is 3. The number of anilines is 1. The first-order valence-corrected chi connectivity index (χ1v) is 10.4. The second-order valence-corrected chi connectivity index (χ2v) is 8.98. The fourth-order valence-corrected chi connectivity index (χ4v) is 5.03. The summed E-state index contributed by atoms with van der Waals surface area (Å²) in [5, 5.41) is 0.666. The first kappa shape index (κ1) is 18.1. The van der Waals surface area contributed by atoms with E-state index >= 15 is 0 Å². The molecule has 2 aromatic carbocycles. The number of benzene rings is 2. The van der Waals surface area contributed by atoms with Crippen molar-refractivity contribution in [2.24, 2.45) is 0 Å². The van der Waals surface area contributed by atoms with Crippen LogP contribution in [0.4, 0.5) is 5.69 Å². The number of aromatic amines is 2. The van der Waals surface area contributed by atoms with Gasteiger partial charge in [-0.1, -0.05) is 17.7 Å². The summed E-state index contributed by atoms with van der Waals surface area (Å²) in [5.74, 6) is 0. The summed E-state index contributed by atoms with van der Waals surface area (Å²) in [4.78, 5) is 18.9. The van der Waals surface area contributed by atoms with E-state index in [1.54, 1.807) is 6.07 Å². The molecule has 2 N–H and O–H groups in total. The van der Waals surface area contributed by atoms with Crippen LogP contribution in [0.5, 0.6) is 0 Å². The maximum atomic E-state index is 13.0. The third-order valence-corrected chi connectivity index (χ3v) is 7.01. The molecule has 7 nitrogen and oxygen atoms in total. The van der Waals surface area contributed by atoms with Crippen LogP contribution in [0.2, 0.25) is 5.02 Å². The van der Waals surface area contributed by atoms with Crippen molar-refractivity contribution in [2.45, 2.75) is 11.8 Å². The highest BCUT2D eigenvalue weighted by atomic mass is 35.5. The van der Waals surface area contributed by atoms with E-state index in [2.05, 4.69) is 14.9 Å². The molecule has 9 heteroatoms. The van der Waals surface area contributed by atoms with Gasteiger partial charge in [-0.25, -0.2) is 13.2 Å². The number of nitrogens with one attached hydrogen (secondary N) is 2. The van der Waals surface area contributed by atoms with E-state index in [1.165, 1.54) is 16.4 Å². The number of H-pyrrole nitrogens is 2. The minimum Gasteiger partial charge on any atom is -0.369 e. The number of hydrogen-bond acceptors (Lipinski definition) is 4. The van der Waals surface area contributed by atoms with Crippen molar-refractivity contribution >= 4 is 38.3 Å². The molecule has 1 aliphatic heterocycles. The van der Waals surface area contributed by atoms with Gasteiger partial charge in [0.25, 0.3) is 0 Å². The van der Waals surface area contributed by atoms with Crippen LogP contribution in [0.15, 0.2) is 46.1 Å². The molecule has 1 aromatic heterocycles. The van der Waals surface area contributed by atoms with Gasteiger partial charge >= 0.3 is 5.69 Å². The number of imidazole rings is 1. The van der Waals surface area contributed by atoms with Crippen molar-refractivity contribution < 1.29 is 8.42 Å². The Balaban J connectivity index is 1.55. The summed E-state index contributed by atoms with van der Waals surface area (Å²) in [6.45, 7) is 3.96. The minimum atomic E-state index is -3.62. The van der Waals surface area contributed by atoms with Gasteiger partial charge in [-0.15, -0.1) is 0 Å². The Morgan fingerprint density at radius 1 is 0.963 bits per heavy atom. The summed E-state index contributed by atoms with van der Waals surface area (Å²) < 4.78 is 27.5. The van der Waals surface area contributed by atoms with Gasteiger partial charge in [0.05, 0.1) is 15.9 Å². The lowest BCUT2D eigenvalue weighted by atomic mass is 10.1. The van der Waals surface area contributed by atoms with Gasteiger partial charge < -0.3 is 14.9 Å².